The lowest BCUT2D eigenvalue weighted by molar-refractivity contribution is -0.140. The van der Waals surface area contributed by atoms with Crippen LogP contribution < -0.4 is 0 Å². The Morgan fingerprint density at radius 3 is 2.85 bits per heavy atom. The molecule has 2 heterocycles. The third-order valence-electron chi connectivity index (χ3n) is 2.68. The van der Waals surface area contributed by atoms with Crippen LogP contribution in [0.1, 0.15) is 0 Å². The van der Waals surface area contributed by atoms with Gasteiger partial charge in [0.25, 0.3) is 10.0 Å². The van der Waals surface area contributed by atoms with Gasteiger partial charge in [-0.05, 0) is 12.1 Å². The summed E-state index contributed by atoms with van der Waals surface area (Å²) in [5.41, 5.74) is 0.405. The molecule has 0 spiro atoms. The van der Waals surface area contributed by atoms with Crippen molar-refractivity contribution in [3.63, 3.8) is 0 Å². The average molecular weight is 318 g/mol. The minimum Gasteiger partial charge on any atom is -0.468 e. The molecule has 0 aliphatic heterocycles. The minimum absolute atomic E-state index is 0.145. The third-order valence-corrected chi connectivity index (χ3v) is 4.88. The normalized spacial score (nSPS) is 12.0. The number of methoxy groups -OCH3 is 1. The Morgan fingerprint density at radius 1 is 1.50 bits per heavy atom. The summed E-state index contributed by atoms with van der Waals surface area (Å²) in [6.07, 6.45) is 1.53. The zero-order chi connectivity index (χ0) is 14.9. The maximum Gasteiger partial charge on any atom is 0.321 e. The molecule has 0 bridgehead atoms. The predicted octanol–water partition coefficient (Wildman–Crippen LogP) is 0.781. The van der Waals surface area contributed by atoms with Gasteiger partial charge in [0.05, 0.1) is 7.11 Å². The monoisotopic (exact) mass is 317 g/mol. The van der Waals surface area contributed by atoms with Crippen LogP contribution in [-0.2, 0) is 19.6 Å². The van der Waals surface area contributed by atoms with Crippen molar-refractivity contribution in [3.8, 4) is 0 Å². The van der Waals surface area contributed by atoms with Crippen molar-refractivity contribution in [2.75, 3.05) is 20.7 Å². The Bertz CT molecular complexity index is 756. The minimum atomic E-state index is -3.96. The van der Waals surface area contributed by atoms with E-state index in [0.29, 0.717) is 5.65 Å². The van der Waals surface area contributed by atoms with Gasteiger partial charge in [-0.3, -0.25) is 9.20 Å². The average Bonchev–Trinajstić information content (AvgIpc) is 2.74. The molecule has 0 aliphatic carbocycles. The topological polar surface area (TPSA) is 81.0 Å². The van der Waals surface area contributed by atoms with E-state index < -0.39 is 22.5 Å². The first-order valence-corrected chi connectivity index (χ1v) is 7.35. The standard InChI is InChI=1S/C11H12ClN3O4S/c1-14(7-9(16)19-2)20(17,18)11-10(12)13-8-5-3-4-6-15(8)11/h3-6H,7H2,1-2H3. The molecule has 2 rings (SSSR count). The Balaban J connectivity index is 2.52. The van der Waals surface area contributed by atoms with Gasteiger partial charge in [-0.1, -0.05) is 17.7 Å². The van der Waals surface area contributed by atoms with Gasteiger partial charge in [-0.25, -0.2) is 13.4 Å². The molecular weight excluding hydrogens is 306 g/mol. The first-order valence-electron chi connectivity index (χ1n) is 5.53. The molecule has 0 saturated heterocycles. The number of likely N-dealkylation sites (N-methyl/N-ethyl adjacent to an activating group) is 1. The second kappa shape index (κ2) is 5.39. The number of nitrogens with zero attached hydrogens (tertiary/aromatic N) is 3. The van der Waals surface area contributed by atoms with Crippen LogP contribution in [-0.4, -0.2) is 48.8 Å². The molecule has 2 aromatic rings. The molecule has 0 amide bonds. The maximum absolute atomic E-state index is 12.5. The molecule has 0 saturated carbocycles. The number of hydrogen-bond acceptors (Lipinski definition) is 5. The number of sulfonamides is 1. The van der Waals surface area contributed by atoms with Gasteiger partial charge in [0, 0.05) is 13.2 Å². The predicted molar refractivity (Wildman–Crippen MR) is 72.0 cm³/mol. The lowest BCUT2D eigenvalue weighted by Gasteiger charge is -2.15. The molecule has 0 fully saturated rings. The van der Waals surface area contributed by atoms with E-state index >= 15 is 0 Å². The van der Waals surface area contributed by atoms with E-state index in [-0.39, 0.29) is 10.2 Å². The van der Waals surface area contributed by atoms with Crippen molar-refractivity contribution in [3.05, 3.63) is 29.5 Å². The quantitative estimate of drug-likeness (QED) is 0.778. The van der Waals surface area contributed by atoms with Crippen LogP contribution >= 0.6 is 11.6 Å². The first kappa shape index (κ1) is 14.8. The van der Waals surface area contributed by atoms with Gasteiger partial charge in [-0.2, -0.15) is 4.31 Å². The van der Waals surface area contributed by atoms with Gasteiger partial charge in [0.1, 0.15) is 12.2 Å². The van der Waals surface area contributed by atoms with Crippen LogP contribution in [0.5, 0.6) is 0 Å². The Kier molecular flexibility index (Phi) is 3.98. The highest BCUT2D eigenvalue weighted by molar-refractivity contribution is 7.89. The SMILES string of the molecule is COC(=O)CN(C)S(=O)(=O)c1c(Cl)nc2ccccn12. The van der Waals surface area contributed by atoms with E-state index in [9.17, 15) is 13.2 Å². The summed E-state index contributed by atoms with van der Waals surface area (Å²) in [6.45, 7) is -0.408. The molecule has 108 valence electrons. The second-order valence-electron chi connectivity index (χ2n) is 3.97. The lowest BCUT2D eigenvalue weighted by atomic mass is 10.5. The number of halogens is 1. The number of fused-ring (bicyclic) bond motifs is 1. The first-order chi connectivity index (χ1) is 9.37. The van der Waals surface area contributed by atoms with Crippen LogP contribution in [0.3, 0.4) is 0 Å². The molecule has 0 aromatic carbocycles. The highest BCUT2D eigenvalue weighted by atomic mass is 35.5. The highest BCUT2D eigenvalue weighted by Gasteiger charge is 2.30. The molecule has 20 heavy (non-hydrogen) atoms. The van der Waals surface area contributed by atoms with Gasteiger partial charge in [-0.15, -0.1) is 0 Å². The van der Waals surface area contributed by atoms with Crippen molar-refractivity contribution in [1.29, 1.82) is 0 Å². The number of pyridine rings is 1. The van der Waals surface area contributed by atoms with E-state index in [0.717, 1.165) is 4.31 Å². The third kappa shape index (κ3) is 2.49. The summed E-state index contributed by atoms with van der Waals surface area (Å²) in [4.78, 5) is 15.2. The smallest absolute Gasteiger partial charge is 0.321 e. The molecule has 9 heteroatoms. The molecule has 0 radical (unpaired) electrons. The Labute approximate surface area is 120 Å². The van der Waals surface area contributed by atoms with Gasteiger partial charge in [0.15, 0.2) is 10.2 Å². The molecule has 7 nitrogen and oxygen atoms in total. The summed E-state index contributed by atoms with van der Waals surface area (Å²) in [5.74, 6) is -0.666. The Hall–Kier alpha value is -1.64. The lowest BCUT2D eigenvalue weighted by Crippen LogP contribution is -2.33. The molecule has 2 aromatic heterocycles. The van der Waals surface area contributed by atoms with Crippen LogP contribution in [0.2, 0.25) is 5.15 Å². The number of imidazole rings is 1. The number of rotatable bonds is 4. The van der Waals surface area contributed by atoms with E-state index in [1.807, 2.05) is 0 Å². The zero-order valence-electron chi connectivity index (χ0n) is 10.8. The Morgan fingerprint density at radius 2 is 2.20 bits per heavy atom. The van der Waals surface area contributed by atoms with E-state index in [1.165, 1.54) is 24.8 Å². The van der Waals surface area contributed by atoms with Crippen molar-refractivity contribution in [1.82, 2.24) is 13.7 Å². The summed E-state index contributed by atoms with van der Waals surface area (Å²) in [6, 6.07) is 5.00. The van der Waals surface area contributed by atoms with E-state index in [2.05, 4.69) is 9.72 Å². The fourth-order valence-electron chi connectivity index (χ4n) is 1.65. The number of carbonyl (C=O) groups excluding carboxylic acids is 1. The number of aromatic nitrogens is 2. The molecule has 0 N–H and O–H groups in total. The van der Waals surface area contributed by atoms with Gasteiger partial charge >= 0.3 is 5.97 Å². The maximum atomic E-state index is 12.5. The van der Waals surface area contributed by atoms with Crippen LogP contribution in [0.25, 0.3) is 5.65 Å². The highest BCUT2D eigenvalue weighted by Crippen LogP contribution is 2.24. The molecule has 0 aliphatic rings. The largest absolute Gasteiger partial charge is 0.468 e. The van der Waals surface area contributed by atoms with Crippen LogP contribution in [0.15, 0.2) is 29.4 Å². The fourth-order valence-corrected chi connectivity index (χ4v) is 3.36. The second-order valence-corrected chi connectivity index (χ2v) is 6.29. The fraction of sp³-hybridized carbons (Fsp3) is 0.273. The molecule has 0 atom stereocenters. The van der Waals surface area contributed by atoms with E-state index in [1.54, 1.807) is 18.2 Å². The van der Waals surface area contributed by atoms with Crippen LogP contribution in [0, 0.1) is 0 Å². The number of ether oxygens (including phenoxy) is 1. The van der Waals surface area contributed by atoms with Crippen LogP contribution in [0.4, 0.5) is 0 Å². The van der Waals surface area contributed by atoms with Crippen molar-refractivity contribution in [2.24, 2.45) is 0 Å². The van der Waals surface area contributed by atoms with E-state index in [4.69, 9.17) is 11.6 Å². The number of carbonyl (C=O) groups is 1. The molecule has 0 unspecified atom stereocenters. The summed E-state index contributed by atoms with van der Waals surface area (Å²) < 4.78 is 31.6. The number of hydrogen-bond donors (Lipinski definition) is 0. The number of esters is 1. The summed E-state index contributed by atoms with van der Waals surface area (Å²) in [7, 11) is -1.50. The van der Waals surface area contributed by atoms with Crippen molar-refractivity contribution >= 4 is 33.2 Å². The summed E-state index contributed by atoms with van der Waals surface area (Å²) in [5, 5.41) is -0.325. The summed E-state index contributed by atoms with van der Waals surface area (Å²) >= 11 is 5.91. The van der Waals surface area contributed by atoms with Crippen molar-refractivity contribution in [2.45, 2.75) is 5.03 Å². The van der Waals surface area contributed by atoms with Crippen molar-refractivity contribution < 1.29 is 17.9 Å². The van der Waals surface area contributed by atoms with Gasteiger partial charge < -0.3 is 4.74 Å². The van der Waals surface area contributed by atoms with Gasteiger partial charge in [0.2, 0.25) is 0 Å². The molecular formula is C11H12ClN3O4S. The zero-order valence-corrected chi connectivity index (χ0v) is 12.3.